The van der Waals surface area contributed by atoms with E-state index in [1.807, 2.05) is 18.2 Å². The number of rotatable bonds is 1. The summed E-state index contributed by atoms with van der Waals surface area (Å²) in [5.41, 5.74) is 1.63. The van der Waals surface area contributed by atoms with E-state index in [4.69, 9.17) is 11.6 Å². The van der Waals surface area contributed by atoms with Crippen molar-refractivity contribution in [1.29, 1.82) is 0 Å². The molecule has 0 radical (unpaired) electrons. The lowest BCUT2D eigenvalue weighted by atomic mass is 10.1. The topological polar surface area (TPSA) is 32.9 Å². The second-order valence-corrected chi connectivity index (χ2v) is 4.36. The average molecular weight is 285 g/mol. The highest BCUT2D eigenvalue weighted by Gasteiger charge is 2.03. The van der Waals surface area contributed by atoms with Gasteiger partial charge in [0.2, 0.25) is 5.56 Å². The van der Waals surface area contributed by atoms with Crippen molar-refractivity contribution in [1.82, 2.24) is 4.98 Å². The molecule has 1 aromatic heterocycles. The number of aromatic amines is 1. The highest BCUT2D eigenvalue weighted by molar-refractivity contribution is 9.10. The molecule has 1 aromatic carbocycles. The SMILES string of the molecule is O=c1cc(-c2cc(Cl)ccc2Br)cc[nH]1. The molecule has 0 saturated carbocycles. The summed E-state index contributed by atoms with van der Waals surface area (Å²) in [5.74, 6) is 0. The molecule has 0 unspecified atom stereocenters. The fourth-order valence-corrected chi connectivity index (χ4v) is 1.98. The van der Waals surface area contributed by atoms with Crippen LogP contribution in [-0.2, 0) is 0 Å². The molecule has 0 amide bonds. The van der Waals surface area contributed by atoms with E-state index in [9.17, 15) is 4.79 Å². The summed E-state index contributed by atoms with van der Waals surface area (Å²) in [6.45, 7) is 0. The third-order valence-electron chi connectivity index (χ3n) is 2.01. The number of hydrogen-bond donors (Lipinski definition) is 1. The molecule has 0 saturated heterocycles. The first-order valence-corrected chi connectivity index (χ1v) is 5.48. The zero-order valence-corrected chi connectivity index (χ0v) is 9.97. The molecule has 0 spiro atoms. The highest BCUT2D eigenvalue weighted by atomic mass is 79.9. The first-order valence-electron chi connectivity index (χ1n) is 4.31. The number of nitrogens with one attached hydrogen (secondary N) is 1. The first-order chi connectivity index (χ1) is 7.16. The number of hydrogen-bond acceptors (Lipinski definition) is 1. The van der Waals surface area contributed by atoms with Gasteiger partial charge in [-0.3, -0.25) is 4.79 Å². The maximum atomic E-state index is 11.2. The van der Waals surface area contributed by atoms with E-state index in [0.717, 1.165) is 15.6 Å². The van der Waals surface area contributed by atoms with E-state index in [1.165, 1.54) is 6.07 Å². The number of benzene rings is 1. The molecule has 0 bridgehead atoms. The minimum absolute atomic E-state index is 0.126. The molecule has 0 aliphatic heterocycles. The van der Waals surface area contributed by atoms with Gasteiger partial charge in [0.25, 0.3) is 0 Å². The second kappa shape index (κ2) is 4.21. The van der Waals surface area contributed by atoms with Gasteiger partial charge >= 0.3 is 0 Å². The molecule has 1 N–H and O–H groups in total. The minimum Gasteiger partial charge on any atom is -0.329 e. The van der Waals surface area contributed by atoms with Crippen LogP contribution < -0.4 is 5.56 Å². The maximum absolute atomic E-state index is 11.2. The molecule has 0 fully saturated rings. The Balaban J connectivity index is 2.63. The van der Waals surface area contributed by atoms with Crippen LogP contribution in [0.25, 0.3) is 11.1 Å². The predicted octanol–water partition coefficient (Wildman–Crippen LogP) is 3.46. The van der Waals surface area contributed by atoms with E-state index < -0.39 is 0 Å². The average Bonchev–Trinajstić information content (AvgIpc) is 2.22. The van der Waals surface area contributed by atoms with Crippen LogP contribution in [0.5, 0.6) is 0 Å². The lowest BCUT2D eigenvalue weighted by Gasteiger charge is -2.04. The number of pyridine rings is 1. The summed E-state index contributed by atoms with van der Waals surface area (Å²) >= 11 is 9.32. The Morgan fingerprint density at radius 3 is 2.73 bits per heavy atom. The largest absolute Gasteiger partial charge is 0.329 e. The van der Waals surface area contributed by atoms with Crippen molar-refractivity contribution in [3.8, 4) is 11.1 Å². The van der Waals surface area contributed by atoms with E-state index in [0.29, 0.717) is 5.02 Å². The van der Waals surface area contributed by atoms with Gasteiger partial charge in [0.05, 0.1) is 0 Å². The lowest BCUT2D eigenvalue weighted by Crippen LogP contribution is -2.02. The van der Waals surface area contributed by atoms with Crippen LogP contribution in [0, 0.1) is 0 Å². The molecular weight excluding hydrogens is 277 g/mol. The smallest absolute Gasteiger partial charge is 0.248 e. The molecule has 2 rings (SSSR count). The molecule has 0 aliphatic rings. The standard InChI is InChI=1S/C11H7BrClNO/c12-10-2-1-8(13)6-9(10)7-3-4-14-11(15)5-7/h1-6H,(H,14,15). The van der Waals surface area contributed by atoms with Crippen LogP contribution in [0.4, 0.5) is 0 Å². The summed E-state index contributed by atoms with van der Waals surface area (Å²) in [7, 11) is 0. The van der Waals surface area contributed by atoms with Crippen LogP contribution in [-0.4, -0.2) is 4.98 Å². The Morgan fingerprint density at radius 2 is 2.00 bits per heavy atom. The highest BCUT2D eigenvalue weighted by Crippen LogP contribution is 2.29. The van der Waals surface area contributed by atoms with Gasteiger partial charge in [0.1, 0.15) is 0 Å². The van der Waals surface area contributed by atoms with Gasteiger partial charge in [-0.05, 0) is 35.4 Å². The molecule has 76 valence electrons. The van der Waals surface area contributed by atoms with Crippen LogP contribution in [0.3, 0.4) is 0 Å². The van der Waals surface area contributed by atoms with E-state index in [1.54, 1.807) is 12.3 Å². The Labute approximate surface area is 100 Å². The molecule has 15 heavy (non-hydrogen) atoms. The van der Waals surface area contributed by atoms with E-state index in [-0.39, 0.29) is 5.56 Å². The van der Waals surface area contributed by atoms with Gasteiger partial charge in [0.15, 0.2) is 0 Å². The van der Waals surface area contributed by atoms with Gasteiger partial charge in [0, 0.05) is 21.8 Å². The monoisotopic (exact) mass is 283 g/mol. The van der Waals surface area contributed by atoms with E-state index in [2.05, 4.69) is 20.9 Å². The zero-order chi connectivity index (χ0) is 10.8. The lowest BCUT2D eigenvalue weighted by molar-refractivity contribution is 1.24. The van der Waals surface area contributed by atoms with Gasteiger partial charge in [-0.25, -0.2) is 0 Å². The molecule has 2 nitrogen and oxygen atoms in total. The van der Waals surface area contributed by atoms with E-state index >= 15 is 0 Å². The molecule has 1 heterocycles. The summed E-state index contributed by atoms with van der Waals surface area (Å²) in [6.07, 6.45) is 1.62. The maximum Gasteiger partial charge on any atom is 0.248 e. The minimum atomic E-state index is -0.126. The molecular formula is C11H7BrClNO. The van der Waals surface area contributed by atoms with Crippen molar-refractivity contribution in [2.24, 2.45) is 0 Å². The van der Waals surface area contributed by atoms with Crippen LogP contribution in [0.15, 0.2) is 45.8 Å². The number of aromatic nitrogens is 1. The Morgan fingerprint density at radius 1 is 1.20 bits per heavy atom. The first kappa shape index (κ1) is 10.5. The van der Waals surface area contributed by atoms with Gasteiger partial charge in [-0.2, -0.15) is 0 Å². The van der Waals surface area contributed by atoms with Crippen molar-refractivity contribution in [3.05, 3.63) is 56.4 Å². The van der Waals surface area contributed by atoms with Gasteiger partial charge in [-0.1, -0.05) is 27.5 Å². The molecule has 0 aliphatic carbocycles. The second-order valence-electron chi connectivity index (χ2n) is 3.07. The van der Waals surface area contributed by atoms with Gasteiger partial charge in [-0.15, -0.1) is 0 Å². The zero-order valence-electron chi connectivity index (χ0n) is 7.63. The van der Waals surface area contributed by atoms with Crippen LogP contribution in [0.2, 0.25) is 5.02 Å². The molecule has 2 aromatic rings. The summed E-state index contributed by atoms with van der Waals surface area (Å²) in [5, 5.41) is 0.647. The molecule has 0 atom stereocenters. The molecule has 4 heteroatoms. The Bertz CT molecular complexity index is 550. The third kappa shape index (κ3) is 2.30. The Kier molecular flexibility index (Phi) is 2.93. The predicted molar refractivity (Wildman–Crippen MR) is 65.2 cm³/mol. The number of H-pyrrole nitrogens is 1. The van der Waals surface area contributed by atoms with Crippen molar-refractivity contribution in [2.75, 3.05) is 0 Å². The third-order valence-corrected chi connectivity index (χ3v) is 2.94. The van der Waals surface area contributed by atoms with Crippen molar-refractivity contribution < 1.29 is 0 Å². The van der Waals surface area contributed by atoms with Gasteiger partial charge < -0.3 is 4.98 Å². The number of halogens is 2. The van der Waals surface area contributed by atoms with Crippen molar-refractivity contribution >= 4 is 27.5 Å². The Hall–Kier alpha value is -1.06. The van der Waals surface area contributed by atoms with Crippen molar-refractivity contribution in [3.63, 3.8) is 0 Å². The summed E-state index contributed by atoms with van der Waals surface area (Å²) < 4.78 is 0.914. The summed E-state index contributed by atoms with van der Waals surface area (Å²) in [4.78, 5) is 13.7. The normalized spacial score (nSPS) is 10.3. The fraction of sp³-hybridized carbons (Fsp3) is 0. The summed E-state index contributed by atoms with van der Waals surface area (Å²) in [6, 6.07) is 8.84. The van der Waals surface area contributed by atoms with Crippen molar-refractivity contribution in [2.45, 2.75) is 0 Å². The quantitative estimate of drug-likeness (QED) is 0.855. The van der Waals surface area contributed by atoms with Crippen LogP contribution >= 0.6 is 27.5 Å². The van der Waals surface area contributed by atoms with Crippen LogP contribution in [0.1, 0.15) is 0 Å². The fourth-order valence-electron chi connectivity index (χ4n) is 1.33.